The second kappa shape index (κ2) is 8.86. The van der Waals surface area contributed by atoms with E-state index in [-0.39, 0.29) is 24.2 Å². The Morgan fingerprint density at radius 2 is 2.14 bits per heavy atom. The fourth-order valence-electron chi connectivity index (χ4n) is 3.00. The van der Waals surface area contributed by atoms with Crippen LogP contribution < -0.4 is 4.72 Å². The largest absolute Gasteiger partial charge is 0.395 e. The molecule has 0 fully saturated rings. The van der Waals surface area contributed by atoms with E-state index in [9.17, 15) is 12.8 Å². The van der Waals surface area contributed by atoms with Crippen molar-refractivity contribution >= 4 is 27.4 Å². The maximum Gasteiger partial charge on any atom is 0.280 e. The zero-order chi connectivity index (χ0) is 21.2. The van der Waals surface area contributed by atoms with E-state index in [0.717, 1.165) is 11.8 Å². The predicted octanol–water partition coefficient (Wildman–Crippen LogP) is 0.787. The molecule has 1 atom stereocenters. The first kappa shape index (κ1) is 21.8. The van der Waals surface area contributed by atoms with Gasteiger partial charge in [-0.15, -0.1) is 0 Å². The van der Waals surface area contributed by atoms with Crippen molar-refractivity contribution in [2.45, 2.75) is 13.0 Å². The minimum atomic E-state index is -3.89. The van der Waals surface area contributed by atoms with Crippen molar-refractivity contribution in [3.63, 3.8) is 0 Å². The van der Waals surface area contributed by atoms with E-state index in [1.165, 1.54) is 16.4 Å². The van der Waals surface area contributed by atoms with E-state index < -0.39 is 35.3 Å². The summed E-state index contributed by atoms with van der Waals surface area (Å²) in [6, 6.07) is 1.78. The van der Waals surface area contributed by atoms with Gasteiger partial charge >= 0.3 is 0 Å². The number of nitrogens with zero attached hydrogens (tertiary/aromatic N) is 3. The molecule has 1 aliphatic rings. The molecule has 0 bridgehead atoms. The lowest BCUT2D eigenvalue weighted by molar-refractivity contribution is 0.183. The van der Waals surface area contributed by atoms with Crippen LogP contribution in [0.1, 0.15) is 12.6 Å². The molecular weight excluding hydrogens is 425 g/mol. The van der Waals surface area contributed by atoms with Crippen molar-refractivity contribution in [1.82, 2.24) is 24.0 Å². The Bertz CT molecular complexity index is 992. The van der Waals surface area contributed by atoms with Gasteiger partial charge in [-0.05, 0) is 23.6 Å². The number of rotatable bonds is 7. The van der Waals surface area contributed by atoms with Gasteiger partial charge in [-0.2, -0.15) is 17.4 Å². The lowest BCUT2D eigenvalue weighted by Crippen LogP contribution is -2.50. The summed E-state index contributed by atoms with van der Waals surface area (Å²) in [6.45, 7) is 1.06. The first-order valence-corrected chi connectivity index (χ1v) is 10.6. The minimum absolute atomic E-state index is 0.0753. The summed E-state index contributed by atoms with van der Waals surface area (Å²) in [5, 5.41) is 18.5. The quantitative estimate of drug-likeness (QED) is 0.498. The highest BCUT2D eigenvalue weighted by Gasteiger charge is 2.31. The van der Waals surface area contributed by atoms with Crippen molar-refractivity contribution in [2.24, 2.45) is 5.92 Å². The third-order valence-corrected chi connectivity index (χ3v) is 6.41. The Hall–Kier alpha value is -1.89. The number of aromatic nitrogens is 3. The number of aliphatic hydroxyl groups excluding tert-OH is 2. The van der Waals surface area contributed by atoms with E-state index in [1.54, 1.807) is 6.08 Å². The van der Waals surface area contributed by atoms with Crippen molar-refractivity contribution in [2.75, 3.05) is 26.3 Å². The average molecular weight is 446 g/mol. The number of imidazole rings is 1. The SMILES string of the molecule is C[C@H]1CN(S(=O)(=O)NC(CO)CO)CC=C1c1nc(-c2ccc(F)cn2)[nH]c1Cl. The van der Waals surface area contributed by atoms with Crippen LogP contribution in [-0.4, -0.2) is 70.2 Å². The Morgan fingerprint density at radius 3 is 2.72 bits per heavy atom. The molecule has 3 heterocycles. The number of pyridine rings is 1. The summed E-state index contributed by atoms with van der Waals surface area (Å²) < 4.78 is 41.5. The number of aromatic amines is 1. The van der Waals surface area contributed by atoms with Crippen LogP contribution in [0, 0.1) is 11.7 Å². The fraction of sp³-hybridized carbons (Fsp3) is 0.412. The molecule has 4 N–H and O–H groups in total. The van der Waals surface area contributed by atoms with Gasteiger partial charge < -0.3 is 15.2 Å². The van der Waals surface area contributed by atoms with Gasteiger partial charge in [0.05, 0.1) is 25.5 Å². The van der Waals surface area contributed by atoms with Crippen LogP contribution in [0.4, 0.5) is 4.39 Å². The second-order valence-corrected chi connectivity index (χ2v) is 8.75. The standard InChI is InChI=1S/C17H21ClFN5O4S/c1-10-7-24(29(27,28)23-12(8-25)9-26)5-4-13(10)15-16(18)22-17(21-15)14-3-2-11(19)6-20-14/h2-4,6,10,12,23,25-26H,5,7-9H2,1H3,(H,21,22)/t10-/m0/s1. The molecule has 158 valence electrons. The topological polar surface area (TPSA) is 131 Å². The minimum Gasteiger partial charge on any atom is -0.395 e. The number of hydrogen-bond acceptors (Lipinski definition) is 6. The summed E-state index contributed by atoms with van der Waals surface area (Å²) in [5.41, 5.74) is 1.68. The molecule has 2 aromatic heterocycles. The fourth-order valence-corrected chi connectivity index (χ4v) is 4.65. The van der Waals surface area contributed by atoms with Gasteiger partial charge in [0, 0.05) is 13.1 Å². The molecule has 0 aromatic carbocycles. The van der Waals surface area contributed by atoms with Gasteiger partial charge in [0.25, 0.3) is 10.2 Å². The van der Waals surface area contributed by atoms with E-state index >= 15 is 0 Å². The summed E-state index contributed by atoms with van der Waals surface area (Å²) in [5.74, 6) is -0.310. The summed E-state index contributed by atoms with van der Waals surface area (Å²) in [4.78, 5) is 11.3. The Morgan fingerprint density at radius 1 is 1.41 bits per heavy atom. The van der Waals surface area contributed by atoms with Crippen molar-refractivity contribution in [3.05, 3.63) is 41.1 Å². The summed E-state index contributed by atoms with van der Waals surface area (Å²) >= 11 is 6.30. The molecule has 0 saturated heterocycles. The highest BCUT2D eigenvalue weighted by atomic mass is 35.5. The summed E-state index contributed by atoms with van der Waals surface area (Å²) in [7, 11) is -3.89. The van der Waals surface area contributed by atoms with Gasteiger partial charge in [0.15, 0.2) is 5.82 Å². The number of hydrogen-bond donors (Lipinski definition) is 4. The number of halogens is 2. The van der Waals surface area contributed by atoms with Gasteiger partial charge in [0.1, 0.15) is 22.4 Å². The van der Waals surface area contributed by atoms with Crippen LogP contribution in [0.3, 0.4) is 0 Å². The second-order valence-electron chi connectivity index (χ2n) is 6.67. The predicted molar refractivity (Wildman–Crippen MR) is 106 cm³/mol. The van der Waals surface area contributed by atoms with Crippen LogP contribution in [0.15, 0.2) is 24.4 Å². The molecule has 29 heavy (non-hydrogen) atoms. The molecule has 3 rings (SSSR count). The number of nitrogens with one attached hydrogen (secondary N) is 2. The maximum absolute atomic E-state index is 13.1. The molecule has 1 aliphatic heterocycles. The first-order chi connectivity index (χ1) is 13.7. The van der Waals surface area contributed by atoms with Crippen LogP contribution in [-0.2, 0) is 10.2 Å². The molecular formula is C17H21ClFN5O4S. The molecule has 0 unspecified atom stereocenters. The van der Waals surface area contributed by atoms with E-state index in [1.807, 2.05) is 6.92 Å². The molecule has 0 radical (unpaired) electrons. The van der Waals surface area contributed by atoms with Crippen LogP contribution in [0.25, 0.3) is 17.1 Å². The van der Waals surface area contributed by atoms with E-state index in [2.05, 4.69) is 19.7 Å². The highest BCUT2D eigenvalue weighted by Crippen LogP contribution is 2.33. The smallest absolute Gasteiger partial charge is 0.280 e. The van der Waals surface area contributed by atoms with Crippen molar-refractivity contribution < 1.29 is 23.0 Å². The normalized spacial score (nSPS) is 18.3. The molecule has 12 heteroatoms. The van der Waals surface area contributed by atoms with Gasteiger partial charge in [-0.25, -0.2) is 14.4 Å². The lowest BCUT2D eigenvalue weighted by atomic mass is 9.95. The van der Waals surface area contributed by atoms with Crippen molar-refractivity contribution in [3.8, 4) is 11.5 Å². The molecule has 0 spiro atoms. The molecule has 0 saturated carbocycles. The summed E-state index contributed by atoms with van der Waals surface area (Å²) in [6.07, 6.45) is 2.79. The number of aliphatic hydroxyl groups is 2. The van der Waals surface area contributed by atoms with Gasteiger partial charge in [0.2, 0.25) is 0 Å². The third-order valence-electron chi connectivity index (χ3n) is 4.52. The van der Waals surface area contributed by atoms with Gasteiger partial charge in [-0.3, -0.25) is 0 Å². The first-order valence-electron chi connectivity index (χ1n) is 8.82. The zero-order valence-electron chi connectivity index (χ0n) is 15.5. The van der Waals surface area contributed by atoms with Crippen molar-refractivity contribution in [1.29, 1.82) is 0 Å². The molecule has 2 aromatic rings. The maximum atomic E-state index is 13.1. The molecule has 0 amide bonds. The van der Waals surface area contributed by atoms with E-state index in [0.29, 0.717) is 17.2 Å². The van der Waals surface area contributed by atoms with Crippen LogP contribution in [0.5, 0.6) is 0 Å². The molecule has 0 aliphatic carbocycles. The average Bonchev–Trinajstić information content (AvgIpc) is 3.08. The lowest BCUT2D eigenvalue weighted by Gasteiger charge is -2.31. The van der Waals surface area contributed by atoms with Crippen LogP contribution in [0.2, 0.25) is 5.15 Å². The van der Waals surface area contributed by atoms with Gasteiger partial charge in [-0.1, -0.05) is 24.6 Å². The highest BCUT2D eigenvalue weighted by molar-refractivity contribution is 7.87. The zero-order valence-corrected chi connectivity index (χ0v) is 17.1. The Kier molecular flexibility index (Phi) is 6.66. The Balaban J connectivity index is 1.82. The molecule has 9 nitrogen and oxygen atoms in total. The van der Waals surface area contributed by atoms with Crippen LogP contribution >= 0.6 is 11.6 Å². The number of H-pyrrole nitrogens is 1. The monoisotopic (exact) mass is 445 g/mol. The van der Waals surface area contributed by atoms with E-state index in [4.69, 9.17) is 21.8 Å². The third kappa shape index (κ3) is 4.82. The Labute approximate surface area is 172 Å².